The number of hydrogen-bond donors (Lipinski definition) is 3. The van der Waals surface area contributed by atoms with Crippen LogP contribution in [-0.4, -0.2) is 29.7 Å². The van der Waals surface area contributed by atoms with E-state index in [0.717, 1.165) is 18.4 Å². The molecule has 0 aromatic carbocycles. The normalized spacial score (nSPS) is 28.6. The van der Waals surface area contributed by atoms with Crippen LogP contribution in [-0.2, 0) is 4.79 Å². The molecule has 5 heteroatoms. The predicted molar refractivity (Wildman–Crippen MR) is 74.1 cm³/mol. The molecule has 110 valence electrons. The number of amides is 2. The summed E-state index contributed by atoms with van der Waals surface area (Å²) < 4.78 is 0. The van der Waals surface area contributed by atoms with E-state index in [0.29, 0.717) is 12.3 Å². The number of hydrogen-bond acceptors (Lipinski definition) is 2. The van der Waals surface area contributed by atoms with Crippen LogP contribution in [0.5, 0.6) is 0 Å². The van der Waals surface area contributed by atoms with Gasteiger partial charge in [0.25, 0.3) is 0 Å². The van der Waals surface area contributed by atoms with Crippen molar-refractivity contribution >= 4 is 12.0 Å². The molecule has 0 spiro atoms. The van der Waals surface area contributed by atoms with E-state index < -0.39 is 11.9 Å². The van der Waals surface area contributed by atoms with E-state index >= 15 is 0 Å². The first-order valence-corrected chi connectivity index (χ1v) is 7.59. The minimum Gasteiger partial charge on any atom is -0.481 e. The fraction of sp³-hybridized carbons (Fsp3) is 0.733. The van der Waals surface area contributed by atoms with E-state index in [-0.39, 0.29) is 12.1 Å². The molecule has 2 amide bonds. The Hall–Kier alpha value is -1.52. The molecule has 0 aromatic rings. The van der Waals surface area contributed by atoms with Gasteiger partial charge in [-0.3, -0.25) is 4.79 Å². The fourth-order valence-corrected chi connectivity index (χ4v) is 3.19. The molecular weight excluding hydrogens is 256 g/mol. The number of carbonyl (C=O) groups is 2. The molecule has 0 bridgehead atoms. The maximum atomic E-state index is 11.9. The van der Waals surface area contributed by atoms with Gasteiger partial charge in [-0.1, -0.05) is 12.2 Å². The SMILES string of the molecule is O=C(NCC(C1CC1)C1CC1)NC1C=CC(C(=O)O)C1. The molecular formula is C15H22N2O3. The van der Waals surface area contributed by atoms with Crippen molar-refractivity contribution in [2.45, 2.75) is 38.1 Å². The number of rotatable bonds is 6. The van der Waals surface area contributed by atoms with Crippen LogP contribution in [0.3, 0.4) is 0 Å². The highest BCUT2D eigenvalue weighted by atomic mass is 16.4. The van der Waals surface area contributed by atoms with Crippen molar-refractivity contribution in [1.29, 1.82) is 0 Å². The summed E-state index contributed by atoms with van der Waals surface area (Å²) in [6, 6.07) is -0.326. The molecule has 20 heavy (non-hydrogen) atoms. The number of carbonyl (C=O) groups excluding carboxylic acids is 1. The van der Waals surface area contributed by atoms with Crippen molar-refractivity contribution in [3.8, 4) is 0 Å². The second kappa shape index (κ2) is 5.46. The van der Waals surface area contributed by atoms with Crippen molar-refractivity contribution in [2.24, 2.45) is 23.7 Å². The zero-order chi connectivity index (χ0) is 14.1. The molecule has 2 saturated carbocycles. The third-order valence-electron chi connectivity index (χ3n) is 4.67. The Balaban J connectivity index is 1.39. The lowest BCUT2D eigenvalue weighted by atomic mass is 9.98. The smallest absolute Gasteiger partial charge is 0.315 e. The maximum absolute atomic E-state index is 11.9. The number of urea groups is 1. The summed E-state index contributed by atoms with van der Waals surface area (Å²) in [5.74, 6) is 1.02. The van der Waals surface area contributed by atoms with Crippen molar-refractivity contribution in [3.05, 3.63) is 12.2 Å². The standard InChI is InChI=1S/C15H22N2O3/c18-14(19)11-5-6-12(7-11)17-15(20)16-8-13(9-1-2-9)10-3-4-10/h5-6,9-13H,1-4,7-8H2,(H,18,19)(H2,16,17,20). The molecule has 3 aliphatic carbocycles. The van der Waals surface area contributed by atoms with E-state index in [1.54, 1.807) is 12.2 Å². The van der Waals surface area contributed by atoms with E-state index in [1.165, 1.54) is 25.7 Å². The van der Waals surface area contributed by atoms with Crippen LogP contribution in [0.15, 0.2) is 12.2 Å². The van der Waals surface area contributed by atoms with E-state index in [4.69, 9.17) is 5.11 Å². The van der Waals surface area contributed by atoms with E-state index in [1.807, 2.05) is 0 Å². The van der Waals surface area contributed by atoms with Crippen LogP contribution >= 0.6 is 0 Å². The summed E-state index contributed by atoms with van der Waals surface area (Å²) in [5.41, 5.74) is 0. The molecule has 2 unspecified atom stereocenters. The molecule has 0 saturated heterocycles. The third-order valence-corrected chi connectivity index (χ3v) is 4.67. The van der Waals surface area contributed by atoms with Gasteiger partial charge < -0.3 is 15.7 Å². The highest BCUT2D eigenvalue weighted by molar-refractivity contribution is 5.76. The van der Waals surface area contributed by atoms with Crippen molar-refractivity contribution in [1.82, 2.24) is 10.6 Å². The minimum absolute atomic E-state index is 0.156. The number of nitrogens with one attached hydrogen (secondary N) is 2. The maximum Gasteiger partial charge on any atom is 0.315 e. The lowest BCUT2D eigenvalue weighted by Crippen LogP contribution is -2.43. The summed E-state index contributed by atoms with van der Waals surface area (Å²) in [7, 11) is 0. The Kier molecular flexibility index (Phi) is 3.68. The van der Waals surface area contributed by atoms with Crippen molar-refractivity contribution in [2.75, 3.05) is 6.54 Å². The molecule has 0 radical (unpaired) electrons. The Morgan fingerprint density at radius 3 is 2.30 bits per heavy atom. The average Bonchev–Trinajstić information content (AvgIpc) is 3.31. The molecule has 2 fully saturated rings. The second-order valence-electron chi connectivity index (χ2n) is 6.36. The summed E-state index contributed by atoms with van der Waals surface area (Å²) in [5, 5.41) is 14.7. The van der Waals surface area contributed by atoms with Gasteiger partial charge in [-0.15, -0.1) is 0 Å². The topological polar surface area (TPSA) is 78.4 Å². The van der Waals surface area contributed by atoms with Crippen LogP contribution < -0.4 is 10.6 Å². The van der Waals surface area contributed by atoms with Gasteiger partial charge in [0.15, 0.2) is 0 Å². The highest BCUT2D eigenvalue weighted by Gasteiger charge is 2.41. The molecule has 3 rings (SSSR count). The van der Waals surface area contributed by atoms with Gasteiger partial charge in [-0.05, 0) is 49.9 Å². The van der Waals surface area contributed by atoms with Crippen LogP contribution in [0.1, 0.15) is 32.1 Å². The van der Waals surface area contributed by atoms with Gasteiger partial charge in [0.2, 0.25) is 0 Å². The Morgan fingerprint density at radius 1 is 1.15 bits per heavy atom. The number of carboxylic acid groups (broad SMARTS) is 1. The molecule has 2 atom stereocenters. The van der Waals surface area contributed by atoms with Crippen molar-refractivity contribution < 1.29 is 14.7 Å². The summed E-state index contributed by atoms with van der Waals surface area (Å²) in [4.78, 5) is 22.7. The Morgan fingerprint density at radius 2 is 1.80 bits per heavy atom. The van der Waals surface area contributed by atoms with Gasteiger partial charge in [0.1, 0.15) is 0 Å². The van der Waals surface area contributed by atoms with Crippen molar-refractivity contribution in [3.63, 3.8) is 0 Å². The van der Waals surface area contributed by atoms with Gasteiger partial charge in [-0.25, -0.2) is 4.79 Å². The average molecular weight is 278 g/mol. The number of carboxylic acids is 1. The minimum atomic E-state index is -0.825. The Labute approximate surface area is 118 Å². The Bertz CT molecular complexity index is 415. The van der Waals surface area contributed by atoms with Gasteiger partial charge in [0, 0.05) is 6.54 Å². The zero-order valence-electron chi connectivity index (χ0n) is 11.5. The predicted octanol–water partition coefficient (Wildman–Crippen LogP) is 1.75. The number of aliphatic carboxylic acids is 1. The third kappa shape index (κ3) is 3.32. The van der Waals surface area contributed by atoms with Crippen LogP contribution in [0.2, 0.25) is 0 Å². The molecule has 0 aliphatic heterocycles. The van der Waals surface area contributed by atoms with Gasteiger partial charge >= 0.3 is 12.0 Å². The first-order valence-electron chi connectivity index (χ1n) is 7.59. The largest absolute Gasteiger partial charge is 0.481 e. The monoisotopic (exact) mass is 278 g/mol. The quantitative estimate of drug-likeness (QED) is 0.648. The van der Waals surface area contributed by atoms with E-state index in [2.05, 4.69) is 10.6 Å². The second-order valence-corrected chi connectivity index (χ2v) is 6.36. The lowest BCUT2D eigenvalue weighted by Gasteiger charge is -2.18. The first-order chi connectivity index (χ1) is 9.63. The highest BCUT2D eigenvalue weighted by Crippen LogP contribution is 2.48. The molecule has 5 nitrogen and oxygen atoms in total. The molecule has 3 N–H and O–H groups in total. The summed E-state index contributed by atoms with van der Waals surface area (Å²) >= 11 is 0. The summed E-state index contributed by atoms with van der Waals surface area (Å²) in [6.07, 6.45) is 9.15. The molecule has 0 heterocycles. The van der Waals surface area contributed by atoms with Crippen LogP contribution in [0.4, 0.5) is 4.79 Å². The fourth-order valence-electron chi connectivity index (χ4n) is 3.19. The van der Waals surface area contributed by atoms with Gasteiger partial charge in [0.05, 0.1) is 12.0 Å². The first kappa shape index (κ1) is 13.5. The summed E-state index contributed by atoms with van der Waals surface area (Å²) in [6.45, 7) is 0.764. The van der Waals surface area contributed by atoms with E-state index in [9.17, 15) is 9.59 Å². The molecule has 3 aliphatic rings. The van der Waals surface area contributed by atoms with Crippen LogP contribution in [0, 0.1) is 23.7 Å². The zero-order valence-corrected chi connectivity index (χ0v) is 11.5. The van der Waals surface area contributed by atoms with Gasteiger partial charge in [-0.2, -0.15) is 0 Å². The van der Waals surface area contributed by atoms with Crippen LogP contribution in [0.25, 0.3) is 0 Å². The molecule has 0 aromatic heterocycles. The lowest BCUT2D eigenvalue weighted by molar-refractivity contribution is -0.140.